The zero-order valence-corrected chi connectivity index (χ0v) is 13.2. The van der Waals surface area contributed by atoms with Crippen molar-refractivity contribution in [2.45, 2.75) is 25.1 Å². The number of likely N-dealkylation sites (tertiary alicyclic amines) is 1. The molecule has 0 aliphatic carbocycles. The molecule has 1 saturated heterocycles. The number of aromatic nitrogens is 2. The van der Waals surface area contributed by atoms with Crippen molar-refractivity contribution in [2.75, 3.05) is 27.4 Å². The highest BCUT2D eigenvalue weighted by molar-refractivity contribution is 5.54. The third-order valence-corrected chi connectivity index (χ3v) is 4.23. The van der Waals surface area contributed by atoms with E-state index in [9.17, 15) is 0 Å². The second-order valence-corrected chi connectivity index (χ2v) is 5.76. The fraction of sp³-hybridized carbons (Fsp3) is 0.471. The highest BCUT2D eigenvalue weighted by atomic mass is 16.5. The van der Waals surface area contributed by atoms with E-state index in [2.05, 4.69) is 27.0 Å². The summed E-state index contributed by atoms with van der Waals surface area (Å²) in [5, 5.41) is 0. The van der Waals surface area contributed by atoms with Gasteiger partial charge in [-0.15, -0.1) is 0 Å². The van der Waals surface area contributed by atoms with Crippen LogP contribution in [0.15, 0.2) is 36.5 Å². The third-order valence-electron chi connectivity index (χ3n) is 4.23. The van der Waals surface area contributed by atoms with Crippen molar-refractivity contribution < 1.29 is 9.47 Å². The fourth-order valence-corrected chi connectivity index (χ4v) is 3.07. The Labute approximate surface area is 131 Å². The Morgan fingerprint density at radius 2 is 2.09 bits per heavy atom. The molecular formula is C17H23N3O2. The topological polar surface area (TPSA) is 50.4 Å². The van der Waals surface area contributed by atoms with Gasteiger partial charge < -0.3 is 14.5 Å². The summed E-state index contributed by atoms with van der Waals surface area (Å²) < 4.78 is 10.8. The molecule has 5 nitrogen and oxygen atoms in total. The SMILES string of the molecule is COC[C@@H]1C[C@@H](OC)CN1Cc1cnc(-c2ccccc2)[nH]1. The van der Waals surface area contributed by atoms with Crippen molar-refractivity contribution in [3.63, 3.8) is 0 Å². The van der Waals surface area contributed by atoms with Gasteiger partial charge in [0.05, 0.1) is 12.7 Å². The molecule has 0 spiro atoms. The minimum Gasteiger partial charge on any atom is -0.383 e. The van der Waals surface area contributed by atoms with Gasteiger partial charge in [-0.3, -0.25) is 4.90 Å². The molecule has 5 heteroatoms. The maximum absolute atomic E-state index is 5.51. The van der Waals surface area contributed by atoms with Crippen molar-refractivity contribution in [2.24, 2.45) is 0 Å². The molecule has 0 saturated carbocycles. The molecule has 2 aromatic rings. The van der Waals surface area contributed by atoms with Crippen LogP contribution in [0.5, 0.6) is 0 Å². The first-order valence-electron chi connectivity index (χ1n) is 7.65. The number of benzene rings is 1. The minimum atomic E-state index is 0.289. The van der Waals surface area contributed by atoms with Gasteiger partial charge in [-0.2, -0.15) is 0 Å². The predicted octanol–water partition coefficient (Wildman–Crippen LogP) is 2.31. The summed E-state index contributed by atoms with van der Waals surface area (Å²) in [7, 11) is 3.53. The third kappa shape index (κ3) is 3.38. The van der Waals surface area contributed by atoms with Crippen LogP contribution in [-0.4, -0.2) is 54.4 Å². The molecule has 1 aliphatic rings. The largest absolute Gasteiger partial charge is 0.383 e. The Bertz CT molecular complexity index is 585. The zero-order chi connectivity index (χ0) is 15.4. The van der Waals surface area contributed by atoms with Crippen LogP contribution in [-0.2, 0) is 16.0 Å². The van der Waals surface area contributed by atoms with Gasteiger partial charge >= 0.3 is 0 Å². The predicted molar refractivity (Wildman–Crippen MR) is 85.5 cm³/mol. The molecule has 1 fully saturated rings. The number of H-pyrrole nitrogens is 1. The van der Waals surface area contributed by atoms with E-state index in [0.29, 0.717) is 6.04 Å². The van der Waals surface area contributed by atoms with E-state index in [-0.39, 0.29) is 6.10 Å². The summed E-state index contributed by atoms with van der Waals surface area (Å²) in [4.78, 5) is 10.3. The number of methoxy groups -OCH3 is 2. The van der Waals surface area contributed by atoms with Gasteiger partial charge in [0.15, 0.2) is 0 Å². The Morgan fingerprint density at radius 1 is 1.27 bits per heavy atom. The molecule has 0 amide bonds. The van der Waals surface area contributed by atoms with Gasteiger partial charge in [0.1, 0.15) is 5.82 Å². The van der Waals surface area contributed by atoms with E-state index in [1.54, 1.807) is 14.2 Å². The van der Waals surface area contributed by atoms with E-state index in [1.165, 1.54) is 0 Å². The Morgan fingerprint density at radius 3 is 2.82 bits per heavy atom. The fourth-order valence-electron chi connectivity index (χ4n) is 3.07. The van der Waals surface area contributed by atoms with Crippen LogP contribution in [0.3, 0.4) is 0 Å². The maximum Gasteiger partial charge on any atom is 0.137 e. The van der Waals surface area contributed by atoms with Crippen molar-refractivity contribution in [3.8, 4) is 11.4 Å². The van der Waals surface area contributed by atoms with Gasteiger partial charge in [-0.1, -0.05) is 30.3 Å². The summed E-state index contributed by atoms with van der Waals surface area (Å²) >= 11 is 0. The number of nitrogens with zero attached hydrogens (tertiary/aromatic N) is 2. The number of hydrogen-bond acceptors (Lipinski definition) is 4. The van der Waals surface area contributed by atoms with Crippen molar-refractivity contribution in [1.29, 1.82) is 0 Å². The van der Waals surface area contributed by atoms with Gasteiger partial charge in [0.25, 0.3) is 0 Å². The Hall–Kier alpha value is -1.69. The Kier molecular flexibility index (Phi) is 4.87. The van der Waals surface area contributed by atoms with Crippen LogP contribution >= 0.6 is 0 Å². The van der Waals surface area contributed by atoms with Crippen molar-refractivity contribution in [1.82, 2.24) is 14.9 Å². The standard InChI is InChI=1S/C17H23N3O2/c1-21-12-15-8-16(22-2)11-20(15)10-14-9-18-17(19-14)13-6-4-3-5-7-13/h3-7,9,15-16H,8,10-12H2,1-2H3,(H,18,19)/t15-,16+/m0/s1. The molecule has 118 valence electrons. The lowest BCUT2D eigenvalue weighted by molar-refractivity contribution is 0.105. The highest BCUT2D eigenvalue weighted by Gasteiger charge is 2.32. The number of ether oxygens (including phenoxy) is 2. The van der Waals surface area contributed by atoms with E-state index >= 15 is 0 Å². The lowest BCUT2D eigenvalue weighted by Crippen LogP contribution is -2.32. The molecule has 0 unspecified atom stereocenters. The van der Waals surface area contributed by atoms with Crippen LogP contribution in [0, 0.1) is 0 Å². The average Bonchev–Trinajstić information content (AvgIpc) is 3.17. The minimum absolute atomic E-state index is 0.289. The van der Waals surface area contributed by atoms with Crippen LogP contribution in [0.1, 0.15) is 12.1 Å². The average molecular weight is 301 g/mol. The summed E-state index contributed by atoms with van der Waals surface area (Å²) in [5.74, 6) is 0.918. The van der Waals surface area contributed by atoms with Crippen molar-refractivity contribution in [3.05, 3.63) is 42.2 Å². The van der Waals surface area contributed by atoms with E-state index in [1.807, 2.05) is 24.4 Å². The molecule has 1 N–H and O–H groups in total. The molecule has 22 heavy (non-hydrogen) atoms. The first-order valence-corrected chi connectivity index (χ1v) is 7.65. The van der Waals surface area contributed by atoms with E-state index in [4.69, 9.17) is 9.47 Å². The second kappa shape index (κ2) is 7.05. The molecule has 1 aliphatic heterocycles. The van der Waals surface area contributed by atoms with E-state index < -0.39 is 0 Å². The molecule has 1 aromatic heterocycles. The quantitative estimate of drug-likeness (QED) is 0.889. The smallest absolute Gasteiger partial charge is 0.137 e. The number of nitrogens with one attached hydrogen (secondary N) is 1. The number of aromatic amines is 1. The highest BCUT2D eigenvalue weighted by Crippen LogP contribution is 2.23. The molecule has 2 atom stereocenters. The summed E-state index contributed by atoms with van der Waals surface area (Å²) in [6, 6.07) is 10.6. The first kappa shape index (κ1) is 15.2. The molecule has 3 rings (SSSR count). The monoisotopic (exact) mass is 301 g/mol. The molecular weight excluding hydrogens is 278 g/mol. The number of rotatable bonds is 6. The number of imidazole rings is 1. The van der Waals surface area contributed by atoms with Gasteiger partial charge in [-0.25, -0.2) is 4.98 Å². The van der Waals surface area contributed by atoms with Gasteiger partial charge in [-0.05, 0) is 6.42 Å². The summed E-state index contributed by atoms with van der Waals surface area (Å²) in [6.07, 6.45) is 3.23. The molecule has 1 aromatic carbocycles. The summed E-state index contributed by atoms with van der Waals surface area (Å²) in [5.41, 5.74) is 2.23. The van der Waals surface area contributed by atoms with Crippen LogP contribution < -0.4 is 0 Å². The summed E-state index contributed by atoms with van der Waals surface area (Å²) in [6.45, 7) is 2.51. The lowest BCUT2D eigenvalue weighted by Gasteiger charge is -2.22. The zero-order valence-electron chi connectivity index (χ0n) is 13.2. The van der Waals surface area contributed by atoms with Gasteiger partial charge in [0.2, 0.25) is 0 Å². The lowest BCUT2D eigenvalue weighted by atomic mass is 10.2. The maximum atomic E-state index is 5.51. The molecule has 2 heterocycles. The van der Waals surface area contributed by atoms with Crippen LogP contribution in [0.25, 0.3) is 11.4 Å². The normalized spacial score (nSPS) is 22.3. The van der Waals surface area contributed by atoms with E-state index in [0.717, 1.165) is 43.2 Å². The second-order valence-electron chi connectivity index (χ2n) is 5.76. The molecule has 0 bridgehead atoms. The molecule has 0 radical (unpaired) electrons. The van der Waals surface area contributed by atoms with Gasteiger partial charge in [0, 0.05) is 50.8 Å². The number of hydrogen-bond donors (Lipinski definition) is 1. The first-order chi connectivity index (χ1) is 10.8. The van der Waals surface area contributed by atoms with Crippen LogP contribution in [0.4, 0.5) is 0 Å². The van der Waals surface area contributed by atoms with Crippen LogP contribution in [0.2, 0.25) is 0 Å². The van der Waals surface area contributed by atoms with Crippen molar-refractivity contribution >= 4 is 0 Å². The Balaban J connectivity index is 1.69.